The summed E-state index contributed by atoms with van der Waals surface area (Å²) < 4.78 is 0. The second kappa shape index (κ2) is 6.00. The lowest BCUT2D eigenvalue weighted by Crippen LogP contribution is -2.16. The van der Waals surface area contributed by atoms with Crippen molar-refractivity contribution in [3.05, 3.63) is 57.8 Å². The van der Waals surface area contributed by atoms with Crippen LogP contribution in [0.25, 0.3) is 0 Å². The molecule has 0 fully saturated rings. The van der Waals surface area contributed by atoms with Gasteiger partial charge in [-0.1, -0.05) is 6.07 Å². The van der Waals surface area contributed by atoms with Crippen LogP contribution >= 0.6 is 0 Å². The van der Waals surface area contributed by atoms with Gasteiger partial charge < -0.3 is 10.6 Å². The topological polar surface area (TPSA) is 97.2 Å². The predicted octanol–water partition coefficient (Wildman–Crippen LogP) is 2.59. The zero-order valence-electron chi connectivity index (χ0n) is 11.6. The first kappa shape index (κ1) is 14.4. The molecule has 0 atom stereocenters. The average Bonchev–Trinajstić information content (AvgIpc) is 2.48. The van der Waals surface area contributed by atoms with Gasteiger partial charge in [-0.3, -0.25) is 14.9 Å². The van der Waals surface area contributed by atoms with Gasteiger partial charge in [-0.15, -0.1) is 0 Å². The summed E-state index contributed by atoms with van der Waals surface area (Å²) in [6.07, 6.45) is 1.54. The highest BCUT2D eigenvalue weighted by Crippen LogP contribution is 2.23. The summed E-state index contributed by atoms with van der Waals surface area (Å²) in [6.45, 7) is 1.79. The number of pyridine rings is 1. The lowest BCUT2D eigenvalue weighted by Gasteiger charge is -2.08. The van der Waals surface area contributed by atoms with Gasteiger partial charge in [0, 0.05) is 25.0 Å². The van der Waals surface area contributed by atoms with Gasteiger partial charge in [0.05, 0.1) is 4.92 Å². The third kappa shape index (κ3) is 3.14. The zero-order chi connectivity index (χ0) is 15.4. The number of aryl methyl sites for hydroxylation is 1. The molecule has 0 aliphatic rings. The van der Waals surface area contributed by atoms with E-state index in [4.69, 9.17) is 0 Å². The standard InChI is InChI=1S/C14H14N4O3/c1-9-4-3-7-16-13(9)17-14(19)11-8-10(15-2)5-6-12(11)18(20)21/h3-8,15H,1-2H3,(H,16,17,19). The van der Waals surface area contributed by atoms with Crippen molar-refractivity contribution in [1.82, 2.24) is 4.98 Å². The summed E-state index contributed by atoms with van der Waals surface area (Å²) in [5.74, 6) is -0.188. The van der Waals surface area contributed by atoms with E-state index in [1.165, 1.54) is 12.1 Å². The van der Waals surface area contributed by atoms with E-state index < -0.39 is 10.8 Å². The lowest BCUT2D eigenvalue weighted by molar-refractivity contribution is -0.385. The third-order valence-corrected chi connectivity index (χ3v) is 2.97. The Balaban J connectivity index is 2.38. The number of aromatic nitrogens is 1. The van der Waals surface area contributed by atoms with Crippen molar-refractivity contribution in [2.24, 2.45) is 0 Å². The molecule has 0 aliphatic carbocycles. The van der Waals surface area contributed by atoms with E-state index in [1.807, 2.05) is 0 Å². The first-order valence-corrected chi connectivity index (χ1v) is 6.22. The molecule has 1 aromatic heterocycles. The van der Waals surface area contributed by atoms with Crippen LogP contribution in [-0.2, 0) is 0 Å². The summed E-state index contributed by atoms with van der Waals surface area (Å²) in [4.78, 5) is 26.8. The number of benzene rings is 1. The van der Waals surface area contributed by atoms with Gasteiger partial charge in [-0.2, -0.15) is 0 Å². The van der Waals surface area contributed by atoms with Gasteiger partial charge >= 0.3 is 0 Å². The van der Waals surface area contributed by atoms with Crippen LogP contribution in [0.3, 0.4) is 0 Å². The molecule has 7 heteroatoms. The second-order valence-corrected chi connectivity index (χ2v) is 4.36. The smallest absolute Gasteiger partial charge is 0.282 e. The molecular weight excluding hydrogens is 272 g/mol. The van der Waals surface area contributed by atoms with Crippen LogP contribution in [0, 0.1) is 17.0 Å². The number of nitro benzene ring substituents is 1. The maximum atomic E-state index is 12.3. The molecule has 108 valence electrons. The fraction of sp³-hybridized carbons (Fsp3) is 0.143. The number of hydrogen-bond donors (Lipinski definition) is 2. The van der Waals surface area contributed by atoms with E-state index >= 15 is 0 Å². The predicted molar refractivity (Wildman–Crippen MR) is 79.6 cm³/mol. The van der Waals surface area contributed by atoms with Crippen LogP contribution in [0.15, 0.2) is 36.5 Å². The highest BCUT2D eigenvalue weighted by Gasteiger charge is 2.21. The van der Waals surface area contributed by atoms with Crippen molar-refractivity contribution in [1.29, 1.82) is 0 Å². The molecule has 7 nitrogen and oxygen atoms in total. The molecule has 0 aliphatic heterocycles. The number of nitrogens with one attached hydrogen (secondary N) is 2. The summed E-state index contributed by atoms with van der Waals surface area (Å²) in [5.41, 5.74) is 1.12. The molecule has 0 saturated heterocycles. The number of carbonyl (C=O) groups excluding carboxylic acids is 1. The van der Waals surface area contributed by atoms with Crippen molar-refractivity contribution >= 4 is 23.1 Å². The maximum Gasteiger partial charge on any atom is 0.282 e. The summed E-state index contributed by atoms with van der Waals surface area (Å²) in [6, 6.07) is 7.81. The fourth-order valence-corrected chi connectivity index (χ4v) is 1.82. The first-order chi connectivity index (χ1) is 10.0. The number of anilines is 2. The molecule has 0 saturated carbocycles. The summed E-state index contributed by atoms with van der Waals surface area (Å²) in [5, 5.41) is 16.5. The van der Waals surface area contributed by atoms with Crippen LogP contribution in [0.1, 0.15) is 15.9 Å². The van der Waals surface area contributed by atoms with Crippen LogP contribution in [0.2, 0.25) is 0 Å². The van der Waals surface area contributed by atoms with Crippen LogP contribution < -0.4 is 10.6 Å². The Morgan fingerprint density at radius 1 is 1.33 bits per heavy atom. The average molecular weight is 286 g/mol. The molecule has 2 rings (SSSR count). The number of amides is 1. The molecule has 21 heavy (non-hydrogen) atoms. The monoisotopic (exact) mass is 286 g/mol. The van der Waals surface area contributed by atoms with Crippen molar-refractivity contribution in [3.63, 3.8) is 0 Å². The van der Waals surface area contributed by atoms with Gasteiger partial charge in [0.2, 0.25) is 0 Å². The molecule has 0 unspecified atom stereocenters. The van der Waals surface area contributed by atoms with Crippen LogP contribution in [-0.4, -0.2) is 22.9 Å². The van der Waals surface area contributed by atoms with E-state index in [-0.39, 0.29) is 11.3 Å². The number of rotatable bonds is 4. The second-order valence-electron chi connectivity index (χ2n) is 4.36. The van der Waals surface area contributed by atoms with Crippen molar-refractivity contribution in [3.8, 4) is 0 Å². The SMILES string of the molecule is CNc1ccc([N+](=O)[O-])c(C(=O)Nc2ncccc2C)c1. The molecule has 1 aromatic carbocycles. The normalized spacial score (nSPS) is 10.0. The quantitative estimate of drug-likeness (QED) is 0.665. The van der Waals surface area contributed by atoms with Gasteiger partial charge in [0.25, 0.3) is 11.6 Å². The fourth-order valence-electron chi connectivity index (χ4n) is 1.82. The summed E-state index contributed by atoms with van der Waals surface area (Å²) >= 11 is 0. The minimum absolute atomic E-state index is 0.0168. The van der Waals surface area contributed by atoms with Crippen molar-refractivity contribution < 1.29 is 9.72 Å². The molecule has 1 heterocycles. The molecule has 2 aromatic rings. The lowest BCUT2D eigenvalue weighted by atomic mass is 10.1. The largest absolute Gasteiger partial charge is 0.388 e. The third-order valence-electron chi connectivity index (χ3n) is 2.97. The van der Waals surface area contributed by atoms with E-state index in [2.05, 4.69) is 15.6 Å². The van der Waals surface area contributed by atoms with Gasteiger partial charge in [0.1, 0.15) is 11.4 Å². The van der Waals surface area contributed by atoms with E-state index in [0.29, 0.717) is 11.5 Å². The molecule has 0 bridgehead atoms. The Morgan fingerprint density at radius 2 is 2.10 bits per heavy atom. The minimum atomic E-state index is -0.584. The zero-order valence-corrected chi connectivity index (χ0v) is 11.6. The van der Waals surface area contributed by atoms with Crippen molar-refractivity contribution in [2.45, 2.75) is 6.92 Å². The van der Waals surface area contributed by atoms with Crippen LogP contribution in [0.5, 0.6) is 0 Å². The van der Waals surface area contributed by atoms with Gasteiger partial charge in [-0.05, 0) is 30.7 Å². The highest BCUT2D eigenvalue weighted by molar-refractivity contribution is 6.07. The highest BCUT2D eigenvalue weighted by atomic mass is 16.6. The minimum Gasteiger partial charge on any atom is -0.388 e. The Morgan fingerprint density at radius 3 is 2.71 bits per heavy atom. The van der Waals surface area contributed by atoms with Crippen LogP contribution in [0.4, 0.5) is 17.2 Å². The van der Waals surface area contributed by atoms with Gasteiger partial charge in [0.15, 0.2) is 0 Å². The Bertz CT molecular complexity index is 700. The van der Waals surface area contributed by atoms with Crippen molar-refractivity contribution in [2.75, 3.05) is 17.7 Å². The first-order valence-electron chi connectivity index (χ1n) is 6.22. The Kier molecular flexibility index (Phi) is 4.13. The summed E-state index contributed by atoms with van der Waals surface area (Å²) in [7, 11) is 1.67. The Hall–Kier alpha value is -2.96. The number of nitrogens with zero attached hydrogens (tertiary/aromatic N) is 2. The van der Waals surface area contributed by atoms with Gasteiger partial charge in [-0.25, -0.2) is 4.98 Å². The molecule has 0 radical (unpaired) electrons. The maximum absolute atomic E-state index is 12.3. The number of carbonyl (C=O) groups is 1. The Labute approximate surface area is 121 Å². The molecular formula is C14H14N4O3. The number of nitro groups is 1. The van der Waals surface area contributed by atoms with E-state index in [0.717, 1.165) is 5.56 Å². The van der Waals surface area contributed by atoms with E-state index in [9.17, 15) is 14.9 Å². The number of hydrogen-bond acceptors (Lipinski definition) is 5. The molecule has 0 spiro atoms. The van der Waals surface area contributed by atoms with E-state index in [1.54, 1.807) is 38.4 Å². The molecule has 2 N–H and O–H groups in total. The molecule has 1 amide bonds.